The normalized spacial score (nSPS) is 15.6. The van der Waals surface area contributed by atoms with Crippen molar-refractivity contribution < 1.29 is 27.2 Å². The van der Waals surface area contributed by atoms with Crippen LogP contribution in [0.5, 0.6) is 0 Å². The van der Waals surface area contributed by atoms with Gasteiger partial charge < -0.3 is 19.4 Å². The molecule has 0 unspecified atom stereocenters. The highest BCUT2D eigenvalue weighted by molar-refractivity contribution is 7.90. The first-order valence-corrected chi connectivity index (χ1v) is 13.6. The fourth-order valence-corrected chi connectivity index (χ4v) is 4.79. The number of aromatic nitrogens is 1. The molecular formula is C25H29N3O6S. The predicted octanol–water partition coefficient (Wildman–Crippen LogP) is 3.26. The number of ether oxygens (including phenoxy) is 1. The molecule has 0 aliphatic carbocycles. The molecule has 0 bridgehead atoms. The van der Waals surface area contributed by atoms with Gasteiger partial charge in [-0.3, -0.25) is 4.79 Å². The number of para-hydroxylation sites is 2. The van der Waals surface area contributed by atoms with Crippen LogP contribution in [-0.2, 0) is 26.0 Å². The van der Waals surface area contributed by atoms with Gasteiger partial charge in [0.1, 0.15) is 28.0 Å². The van der Waals surface area contributed by atoms with Crippen LogP contribution in [0.4, 0.5) is 4.79 Å². The molecule has 9 nitrogen and oxygen atoms in total. The fourth-order valence-electron chi connectivity index (χ4n) is 4.13. The van der Waals surface area contributed by atoms with Crippen molar-refractivity contribution in [2.45, 2.75) is 37.8 Å². The van der Waals surface area contributed by atoms with Crippen molar-refractivity contribution in [2.24, 2.45) is 0 Å². The van der Waals surface area contributed by atoms with Crippen LogP contribution >= 0.6 is 0 Å². The molecule has 35 heavy (non-hydrogen) atoms. The van der Waals surface area contributed by atoms with Crippen molar-refractivity contribution in [3.63, 3.8) is 0 Å². The molecule has 0 spiro atoms. The summed E-state index contributed by atoms with van der Waals surface area (Å²) < 4.78 is 34.6. The zero-order valence-corrected chi connectivity index (χ0v) is 20.4. The van der Waals surface area contributed by atoms with Crippen molar-refractivity contribution in [3.8, 4) is 0 Å². The Labute approximate surface area is 204 Å². The molecule has 2 heterocycles. The summed E-state index contributed by atoms with van der Waals surface area (Å²) in [6.45, 7) is 0.965. The molecule has 0 radical (unpaired) electrons. The molecule has 10 heteroatoms. The van der Waals surface area contributed by atoms with Crippen molar-refractivity contribution in [3.05, 3.63) is 66.1 Å². The molecule has 186 valence electrons. The number of carbonyl (C=O) groups is 2. The van der Waals surface area contributed by atoms with Gasteiger partial charge in [0.2, 0.25) is 5.91 Å². The molecule has 1 saturated heterocycles. The highest BCUT2D eigenvalue weighted by Crippen LogP contribution is 2.30. The number of sulfone groups is 1. The third kappa shape index (κ3) is 6.82. The summed E-state index contributed by atoms with van der Waals surface area (Å²) in [6.07, 6.45) is 1.64. The van der Waals surface area contributed by atoms with Crippen molar-refractivity contribution in [1.82, 2.24) is 15.2 Å². The first-order valence-electron chi connectivity index (χ1n) is 11.6. The average Bonchev–Trinajstić information content (AvgIpc) is 3.29. The summed E-state index contributed by atoms with van der Waals surface area (Å²) in [4.78, 5) is 31.8. The maximum absolute atomic E-state index is 13.2. The number of alkyl carbamates (subject to hydrolysis) is 1. The van der Waals surface area contributed by atoms with Gasteiger partial charge in [0.05, 0.1) is 5.75 Å². The van der Waals surface area contributed by atoms with Gasteiger partial charge in [0, 0.05) is 25.3 Å². The van der Waals surface area contributed by atoms with E-state index in [1.807, 2.05) is 54.6 Å². The van der Waals surface area contributed by atoms with E-state index in [1.165, 1.54) is 0 Å². The first kappa shape index (κ1) is 24.7. The van der Waals surface area contributed by atoms with Crippen LogP contribution in [0.2, 0.25) is 0 Å². The van der Waals surface area contributed by atoms with Crippen molar-refractivity contribution >= 4 is 32.9 Å². The summed E-state index contributed by atoms with van der Waals surface area (Å²) in [5.41, 5.74) is 2.35. The fraction of sp³-hybridized carbons (Fsp3) is 0.400. The summed E-state index contributed by atoms with van der Waals surface area (Å²) in [7, 11) is -3.32. The summed E-state index contributed by atoms with van der Waals surface area (Å²) in [6, 6.07) is 15.7. The van der Waals surface area contributed by atoms with E-state index in [9.17, 15) is 18.0 Å². The Morgan fingerprint density at radius 1 is 1.11 bits per heavy atom. The van der Waals surface area contributed by atoms with Crippen LogP contribution < -0.4 is 5.32 Å². The van der Waals surface area contributed by atoms with E-state index in [0.717, 1.165) is 22.9 Å². The number of fused-ring (bicyclic) bond motifs is 1. The lowest BCUT2D eigenvalue weighted by atomic mass is 9.96. The van der Waals surface area contributed by atoms with Crippen LogP contribution in [0, 0.1) is 0 Å². The lowest BCUT2D eigenvalue weighted by Crippen LogP contribution is -2.51. The highest BCUT2D eigenvalue weighted by atomic mass is 32.2. The third-order valence-electron chi connectivity index (χ3n) is 6.05. The van der Waals surface area contributed by atoms with E-state index in [4.69, 9.17) is 9.15 Å². The zero-order chi connectivity index (χ0) is 24.8. The van der Waals surface area contributed by atoms with E-state index in [2.05, 4.69) is 10.3 Å². The van der Waals surface area contributed by atoms with E-state index >= 15 is 0 Å². The second kappa shape index (κ2) is 10.9. The molecule has 2 amide bonds. The van der Waals surface area contributed by atoms with Gasteiger partial charge in [-0.2, -0.15) is 0 Å². The maximum Gasteiger partial charge on any atom is 0.408 e. The quantitative estimate of drug-likeness (QED) is 0.505. The molecule has 1 atom stereocenters. The molecule has 0 saturated carbocycles. The van der Waals surface area contributed by atoms with Gasteiger partial charge in [-0.25, -0.2) is 18.2 Å². The Morgan fingerprint density at radius 3 is 2.49 bits per heavy atom. The van der Waals surface area contributed by atoms with Crippen LogP contribution in [0.25, 0.3) is 11.1 Å². The van der Waals surface area contributed by atoms with Crippen LogP contribution in [-0.4, -0.2) is 61.4 Å². The standard InChI is InChI=1S/C25H29N3O6S/c1-35(31,32)16-13-21(27-25(30)33-17-18-7-3-2-4-8-18)24(29)28-14-11-19(12-15-28)23-26-20-9-5-6-10-22(20)34-23/h2-10,19,21H,11-17H2,1H3,(H,27,30)/t21-/m0/s1. The van der Waals surface area contributed by atoms with Gasteiger partial charge in [-0.1, -0.05) is 42.5 Å². The second-order valence-electron chi connectivity index (χ2n) is 8.80. The Kier molecular flexibility index (Phi) is 7.70. The van der Waals surface area contributed by atoms with Gasteiger partial charge in [-0.05, 0) is 37.0 Å². The maximum atomic E-state index is 13.2. The minimum Gasteiger partial charge on any atom is -0.445 e. The SMILES string of the molecule is CS(=O)(=O)CC[C@H](NC(=O)OCc1ccccc1)C(=O)N1CCC(c2nc3ccccc3o2)CC1. The number of oxazole rings is 1. The number of hydrogen-bond acceptors (Lipinski definition) is 7. The summed E-state index contributed by atoms with van der Waals surface area (Å²) >= 11 is 0. The minimum absolute atomic E-state index is 0.0246. The largest absolute Gasteiger partial charge is 0.445 e. The predicted molar refractivity (Wildman–Crippen MR) is 130 cm³/mol. The molecular weight excluding hydrogens is 470 g/mol. The topological polar surface area (TPSA) is 119 Å². The number of amides is 2. The molecule has 1 fully saturated rings. The number of nitrogens with one attached hydrogen (secondary N) is 1. The number of piperidine rings is 1. The Hall–Kier alpha value is -3.40. The number of nitrogens with zero attached hydrogens (tertiary/aromatic N) is 2. The lowest BCUT2D eigenvalue weighted by molar-refractivity contribution is -0.134. The van der Waals surface area contributed by atoms with E-state index in [1.54, 1.807) is 4.90 Å². The van der Waals surface area contributed by atoms with Gasteiger partial charge in [0.15, 0.2) is 11.5 Å². The van der Waals surface area contributed by atoms with E-state index < -0.39 is 22.0 Å². The Balaban J connectivity index is 1.36. The zero-order valence-electron chi connectivity index (χ0n) is 19.6. The minimum atomic E-state index is -3.32. The Bertz CT molecular complexity index is 1230. The molecule has 2 aromatic carbocycles. The average molecular weight is 500 g/mol. The summed E-state index contributed by atoms with van der Waals surface area (Å²) in [5.74, 6) is 0.211. The number of carbonyl (C=O) groups excluding carboxylic acids is 2. The molecule has 1 aliphatic rings. The van der Waals surface area contributed by atoms with Crippen molar-refractivity contribution in [1.29, 1.82) is 0 Å². The number of hydrogen-bond donors (Lipinski definition) is 1. The van der Waals surface area contributed by atoms with Crippen LogP contribution in [0.1, 0.15) is 36.6 Å². The molecule has 3 aromatic rings. The van der Waals surface area contributed by atoms with Gasteiger partial charge >= 0.3 is 6.09 Å². The summed E-state index contributed by atoms with van der Waals surface area (Å²) in [5, 5.41) is 2.57. The number of likely N-dealkylation sites (tertiary alicyclic amines) is 1. The number of benzene rings is 2. The smallest absolute Gasteiger partial charge is 0.408 e. The van der Waals surface area contributed by atoms with E-state index in [0.29, 0.717) is 31.8 Å². The van der Waals surface area contributed by atoms with Gasteiger partial charge in [-0.15, -0.1) is 0 Å². The van der Waals surface area contributed by atoms with E-state index in [-0.39, 0.29) is 30.6 Å². The third-order valence-corrected chi connectivity index (χ3v) is 7.02. The number of rotatable bonds is 8. The van der Waals surface area contributed by atoms with Crippen LogP contribution in [0.15, 0.2) is 59.0 Å². The second-order valence-corrected chi connectivity index (χ2v) is 11.1. The monoisotopic (exact) mass is 499 g/mol. The first-order chi connectivity index (χ1) is 16.8. The molecule has 1 aliphatic heterocycles. The van der Waals surface area contributed by atoms with Gasteiger partial charge in [0.25, 0.3) is 0 Å². The molecule has 1 N–H and O–H groups in total. The lowest BCUT2D eigenvalue weighted by Gasteiger charge is -2.33. The molecule has 1 aromatic heterocycles. The Morgan fingerprint density at radius 2 is 1.80 bits per heavy atom. The molecule has 4 rings (SSSR count). The van der Waals surface area contributed by atoms with Crippen molar-refractivity contribution in [2.75, 3.05) is 25.1 Å². The van der Waals surface area contributed by atoms with Crippen LogP contribution in [0.3, 0.4) is 0 Å². The highest BCUT2D eigenvalue weighted by Gasteiger charge is 2.32.